The van der Waals surface area contributed by atoms with E-state index in [1.807, 2.05) is 55.7 Å². The first-order valence-corrected chi connectivity index (χ1v) is 8.67. The molecule has 1 saturated heterocycles. The fourth-order valence-electron chi connectivity index (χ4n) is 3.12. The monoisotopic (exact) mass is 343 g/mol. The fourth-order valence-corrected chi connectivity index (χ4v) is 3.12. The Kier molecular flexibility index (Phi) is 4.54. The van der Waals surface area contributed by atoms with Gasteiger partial charge in [0.15, 0.2) is 11.5 Å². The van der Waals surface area contributed by atoms with Crippen LogP contribution in [0.3, 0.4) is 0 Å². The molecule has 2 heterocycles. The number of amides is 2. The lowest BCUT2D eigenvalue weighted by Crippen LogP contribution is -2.53. The van der Waals surface area contributed by atoms with E-state index in [9.17, 15) is 9.59 Å². The largest absolute Gasteiger partial charge is 0.441 e. The van der Waals surface area contributed by atoms with Crippen molar-refractivity contribution in [1.82, 2.24) is 14.8 Å². The minimum Gasteiger partial charge on any atom is -0.441 e. The lowest BCUT2D eigenvalue weighted by atomic mass is 9.94. The molecule has 0 saturated carbocycles. The molecule has 134 valence electrons. The Morgan fingerprint density at radius 1 is 1.12 bits per heavy atom. The van der Waals surface area contributed by atoms with E-state index >= 15 is 0 Å². The Labute approximate surface area is 147 Å². The summed E-state index contributed by atoms with van der Waals surface area (Å²) in [5.41, 5.74) is 2.07. The van der Waals surface area contributed by atoms with Crippen molar-refractivity contribution >= 4 is 22.9 Å². The number of nitrogens with zero attached hydrogens (tertiary/aromatic N) is 3. The van der Waals surface area contributed by atoms with Gasteiger partial charge in [-0.05, 0) is 17.7 Å². The van der Waals surface area contributed by atoms with Crippen LogP contribution in [0.4, 0.5) is 0 Å². The molecule has 0 N–H and O–H groups in total. The first-order chi connectivity index (χ1) is 11.7. The van der Waals surface area contributed by atoms with Crippen LogP contribution >= 0.6 is 0 Å². The van der Waals surface area contributed by atoms with Gasteiger partial charge in [0, 0.05) is 38.5 Å². The number of carbonyl (C=O) groups is 2. The lowest BCUT2D eigenvalue weighted by Gasteiger charge is -2.37. The van der Waals surface area contributed by atoms with Crippen molar-refractivity contribution in [3.05, 3.63) is 29.7 Å². The molecule has 1 fully saturated rings. The van der Waals surface area contributed by atoms with Gasteiger partial charge in [0.25, 0.3) is 0 Å². The summed E-state index contributed by atoms with van der Waals surface area (Å²) in [6.07, 6.45) is 0.342. The van der Waals surface area contributed by atoms with Crippen molar-refractivity contribution in [3.63, 3.8) is 0 Å². The molecule has 0 unspecified atom stereocenters. The lowest BCUT2D eigenvalue weighted by molar-refractivity contribution is -0.144. The molecule has 0 spiro atoms. The van der Waals surface area contributed by atoms with Gasteiger partial charge in [0.1, 0.15) is 5.52 Å². The zero-order chi connectivity index (χ0) is 18.2. The van der Waals surface area contributed by atoms with Gasteiger partial charge >= 0.3 is 0 Å². The smallest absolute Gasteiger partial charge is 0.228 e. The molecule has 1 aromatic carbocycles. The highest BCUT2D eigenvalue weighted by Gasteiger charge is 2.30. The Balaban J connectivity index is 1.59. The third-order valence-corrected chi connectivity index (χ3v) is 4.48. The molecular formula is C19H25N3O3. The van der Waals surface area contributed by atoms with Gasteiger partial charge in [-0.25, -0.2) is 4.98 Å². The number of carbonyl (C=O) groups excluding carboxylic acids is 2. The maximum Gasteiger partial charge on any atom is 0.228 e. The Morgan fingerprint density at radius 3 is 2.40 bits per heavy atom. The van der Waals surface area contributed by atoms with Crippen LogP contribution < -0.4 is 0 Å². The molecule has 1 aliphatic heterocycles. The number of fused-ring (bicyclic) bond motifs is 1. The number of benzene rings is 1. The summed E-state index contributed by atoms with van der Waals surface area (Å²) in [4.78, 5) is 32.9. The van der Waals surface area contributed by atoms with Crippen molar-refractivity contribution in [2.45, 2.75) is 34.1 Å². The van der Waals surface area contributed by atoms with E-state index in [1.54, 1.807) is 0 Å². The van der Waals surface area contributed by atoms with Gasteiger partial charge in [-0.2, -0.15) is 0 Å². The van der Waals surface area contributed by atoms with E-state index < -0.39 is 0 Å². The van der Waals surface area contributed by atoms with Gasteiger partial charge in [0.05, 0.1) is 6.42 Å². The summed E-state index contributed by atoms with van der Waals surface area (Å²) in [6, 6.07) is 5.67. The van der Waals surface area contributed by atoms with Crippen LogP contribution in [0.1, 0.15) is 32.2 Å². The van der Waals surface area contributed by atoms with Crippen molar-refractivity contribution in [2.24, 2.45) is 5.41 Å². The summed E-state index contributed by atoms with van der Waals surface area (Å²) in [7, 11) is 0. The minimum absolute atomic E-state index is 0.0856. The summed E-state index contributed by atoms with van der Waals surface area (Å²) >= 11 is 0. The molecular weight excluding hydrogens is 318 g/mol. The number of aromatic nitrogens is 1. The van der Waals surface area contributed by atoms with Crippen molar-refractivity contribution in [1.29, 1.82) is 0 Å². The predicted molar refractivity (Wildman–Crippen MR) is 95.1 cm³/mol. The SMILES string of the molecule is Cc1nc2cc(CC(=O)N3CCN(C(=O)C(C)(C)C)CC3)ccc2o1. The summed E-state index contributed by atoms with van der Waals surface area (Å²) in [5, 5.41) is 0. The number of aryl methyl sites for hydroxylation is 1. The minimum atomic E-state index is -0.378. The number of rotatable bonds is 2. The van der Waals surface area contributed by atoms with Crippen molar-refractivity contribution < 1.29 is 14.0 Å². The zero-order valence-electron chi connectivity index (χ0n) is 15.3. The van der Waals surface area contributed by atoms with Gasteiger partial charge in [-0.3, -0.25) is 9.59 Å². The van der Waals surface area contributed by atoms with E-state index in [2.05, 4.69) is 4.98 Å². The van der Waals surface area contributed by atoms with Crippen LogP contribution in [0, 0.1) is 12.3 Å². The average molecular weight is 343 g/mol. The van der Waals surface area contributed by atoms with E-state index in [0.29, 0.717) is 38.5 Å². The quantitative estimate of drug-likeness (QED) is 0.840. The summed E-state index contributed by atoms with van der Waals surface area (Å²) in [5.74, 6) is 0.854. The second kappa shape index (κ2) is 6.50. The second-order valence-electron chi connectivity index (χ2n) is 7.63. The summed E-state index contributed by atoms with van der Waals surface area (Å²) in [6.45, 7) is 9.96. The topological polar surface area (TPSA) is 66.7 Å². The van der Waals surface area contributed by atoms with Gasteiger partial charge < -0.3 is 14.2 Å². The first-order valence-electron chi connectivity index (χ1n) is 8.67. The molecule has 0 atom stereocenters. The molecule has 1 aromatic heterocycles. The molecule has 1 aliphatic rings. The van der Waals surface area contributed by atoms with Crippen LogP contribution in [0.2, 0.25) is 0 Å². The number of piperazine rings is 1. The molecule has 2 aromatic rings. The Morgan fingerprint density at radius 2 is 1.76 bits per heavy atom. The average Bonchev–Trinajstić information content (AvgIpc) is 2.92. The summed E-state index contributed by atoms with van der Waals surface area (Å²) < 4.78 is 5.46. The number of oxazole rings is 1. The van der Waals surface area contributed by atoms with Crippen LogP contribution in [-0.4, -0.2) is 52.8 Å². The molecule has 0 bridgehead atoms. The van der Waals surface area contributed by atoms with Crippen LogP contribution in [0.25, 0.3) is 11.1 Å². The van der Waals surface area contributed by atoms with Crippen LogP contribution in [0.5, 0.6) is 0 Å². The normalized spacial score (nSPS) is 15.7. The highest BCUT2D eigenvalue weighted by atomic mass is 16.3. The molecule has 6 heteroatoms. The van der Waals surface area contributed by atoms with Gasteiger partial charge in [-0.1, -0.05) is 26.8 Å². The first kappa shape index (κ1) is 17.5. The molecule has 25 heavy (non-hydrogen) atoms. The molecule has 2 amide bonds. The standard InChI is InChI=1S/C19H25N3O3/c1-13-20-15-11-14(5-6-16(15)25-13)12-17(23)21-7-9-22(10-8-21)18(24)19(2,3)4/h5-6,11H,7-10,12H2,1-4H3. The van der Waals surface area contributed by atoms with E-state index in [1.165, 1.54) is 0 Å². The molecule has 0 radical (unpaired) electrons. The third-order valence-electron chi connectivity index (χ3n) is 4.48. The Hall–Kier alpha value is -2.37. The van der Waals surface area contributed by atoms with E-state index in [4.69, 9.17) is 4.42 Å². The second-order valence-corrected chi connectivity index (χ2v) is 7.63. The highest BCUT2D eigenvalue weighted by molar-refractivity contribution is 5.83. The number of hydrogen-bond acceptors (Lipinski definition) is 4. The van der Waals surface area contributed by atoms with Crippen LogP contribution in [-0.2, 0) is 16.0 Å². The maximum absolute atomic E-state index is 12.6. The van der Waals surface area contributed by atoms with Crippen molar-refractivity contribution in [3.8, 4) is 0 Å². The molecule has 0 aliphatic carbocycles. The van der Waals surface area contributed by atoms with Crippen LogP contribution in [0.15, 0.2) is 22.6 Å². The molecule has 3 rings (SSSR count). The third kappa shape index (κ3) is 3.83. The van der Waals surface area contributed by atoms with Gasteiger partial charge in [0.2, 0.25) is 11.8 Å². The predicted octanol–water partition coefficient (Wildman–Crippen LogP) is 2.40. The molecule has 6 nitrogen and oxygen atoms in total. The number of hydrogen-bond donors (Lipinski definition) is 0. The van der Waals surface area contributed by atoms with Gasteiger partial charge in [-0.15, -0.1) is 0 Å². The maximum atomic E-state index is 12.6. The van der Waals surface area contributed by atoms with Crippen molar-refractivity contribution in [2.75, 3.05) is 26.2 Å². The van der Waals surface area contributed by atoms with E-state index in [0.717, 1.165) is 16.7 Å². The zero-order valence-corrected chi connectivity index (χ0v) is 15.3. The highest BCUT2D eigenvalue weighted by Crippen LogP contribution is 2.20. The van der Waals surface area contributed by atoms with E-state index in [-0.39, 0.29) is 17.2 Å². The Bertz CT molecular complexity index is 796. The fraction of sp³-hybridized carbons (Fsp3) is 0.526.